The number of hydrogen-bond acceptors (Lipinski definition) is 2. The van der Waals surface area contributed by atoms with Gasteiger partial charge in [-0.2, -0.15) is 4.40 Å². The van der Waals surface area contributed by atoms with Crippen molar-refractivity contribution in [3.8, 4) is 0 Å². The largest absolute Gasteiger partial charge is 0.328 e. The Balaban J connectivity index is 2.64. The summed E-state index contributed by atoms with van der Waals surface area (Å²) in [6.45, 7) is 0. The number of nitrogens with one attached hydrogen (secondary N) is 1. The molecule has 1 aromatic carbocycles. The summed E-state index contributed by atoms with van der Waals surface area (Å²) in [4.78, 5) is 4.35. The highest BCUT2D eigenvalue weighted by Crippen LogP contribution is 2.15. The third-order valence-corrected chi connectivity index (χ3v) is 3.05. The van der Waals surface area contributed by atoms with Crippen molar-refractivity contribution in [1.82, 2.24) is 14.8 Å². The molecule has 1 N–H and O–H groups in total. The number of nitrogens with zero attached hydrogens (tertiary/aromatic N) is 3. The second-order valence-electron chi connectivity index (χ2n) is 3.56. The molecular formula is C10H8ClN4S+. The standard InChI is InChI=1S/C10H7ClN4S/c1-14-9-5-12-7-4-6(11)2-3-8(7)15(9)10(16)13-14/h2-5H,1H3/p+1. The first-order chi connectivity index (χ1) is 7.66. The molecule has 16 heavy (non-hydrogen) atoms. The molecule has 0 aliphatic heterocycles. The van der Waals surface area contributed by atoms with Gasteiger partial charge in [0.25, 0.3) is 5.65 Å². The molecule has 3 rings (SSSR count). The molecule has 0 unspecified atom stereocenters. The summed E-state index contributed by atoms with van der Waals surface area (Å²) in [7, 11) is 1.90. The molecule has 6 heteroatoms. The van der Waals surface area contributed by atoms with Gasteiger partial charge in [-0.3, -0.25) is 0 Å². The lowest BCUT2D eigenvalue weighted by molar-refractivity contribution is -0.490. The molecule has 0 radical (unpaired) electrons. The Labute approximate surface area is 101 Å². The predicted octanol–water partition coefficient (Wildman–Crippen LogP) is 2.02. The van der Waals surface area contributed by atoms with Crippen molar-refractivity contribution in [3.63, 3.8) is 0 Å². The SMILES string of the molecule is Cn1[nH]c(=S)[n+]2c3ccc(Cl)cc3ncc12. The maximum absolute atomic E-state index is 5.93. The van der Waals surface area contributed by atoms with E-state index < -0.39 is 0 Å². The van der Waals surface area contributed by atoms with Crippen LogP contribution < -0.4 is 4.40 Å². The van der Waals surface area contributed by atoms with Crippen molar-refractivity contribution in [3.05, 3.63) is 34.2 Å². The van der Waals surface area contributed by atoms with E-state index in [2.05, 4.69) is 10.1 Å². The number of rotatable bonds is 0. The predicted molar refractivity (Wildman–Crippen MR) is 64.1 cm³/mol. The Morgan fingerprint density at radius 1 is 1.50 bits per heavy atom. The van der Waals surface area contributed by atoms with Crippen molar-refractivity contribution in [2.45, 2.75) is 0 Å². The lowest BCUT2D eigenvalue weighted by atomic mass is 10.3. The highest BCUT2D eigenvalue weighted by molar-refractivity contribution is 7.71. The van der Waals surface area contributed by atoms with Gasteiger partial charge < -0.3 is 0 Å². The van der Waals surface area contributed by atoms with Gasteiger partial charge in [0.15, 0.2) is 0 Å². The molecule has 80 valence electrons. The summed E-state index contributed by atoms with van der Waals surface area (Å²) < 4.78 is 4.42. The fraction of sp³-hybridized carbons (Fsp3) is 0.100. The number of benzene rings is 1. The highest BCUT2D eigenvalue weighted by atomic mass is 35.5. The van der Waals surface area contributed by atoms with Gasteiger partial charge in [0.05, 0.1) is 7.05 Å². The van der Waals surface area contributed by atoms with Crippen molar-refractivity contribution < 1.29 is 4.40 Å². The van der Waals surface area contributed by atoms with Crippen LogP contribution in [0.5, 0.6) is 0 Å². The van der Waals surface area contributed by atoms with Gasteiger partial charge in [0.2, 0.25) is 0 Å². The van der Waals surface area contributed by atoms with Crippen LogP contribution in [-0.2, 0) is 7.05 Å². The van der Waals surface area contributed by atoms with E-state index in [1.54, 1.807) is 6.20 Å². The summed E-state index contributed by atoms with van der Waals surface area (Å²) in [6.07, 6.45) is 1.77. The minimum Gasteiger partial charge on any atom is -0.246 e. The van der Waals surface area contributed by atoms with Crippen molar-refractivity contribution in [1.29, 1.82) is 0 Å². The van der Waals surface area contributed by atoms with E-state index in [1.165, 1.54) is 0 Å². The van der Waals surface area contributed by atoms with Crippen LogP contribution in [0.1, 0.15) is 0 Å². The molecule has 0 saturated heterocycles. The van der Waals surface area contributed by atoms with E-state index >= 15 is 0 Å². The second-order valence-corrected chi connectivity index (χ2v) is 4.38. The summed E-state index contributed by atoms with van der Waals surface area (Å²) in [6, 6.07) is 5.58. The second kappa shape index (κ2) is 3.26. The lowest BCUT2D eigenvalue weighted by Crippen LogP contribution is -2.22. The zero-order valence-electron chi connectivity index (χ0n) is 8.44. The number of aromatic amines is 1. The van der Waals surface area contributed by atoms with Gasteiger partial charge in [-0.05, 0) is 30.4 Å². The number of aromatic nitrogens is 4. The van der Waals surface area contributed by atoms with Gasteiger partial charge in [0.1, 0.15) is 17.2 Å². The average molecular weight is 252 g/mol. The van der Waals surface area contributed by atoms with Gasteiger partial charge in [-0.1, -0.05) is 11.6 Å². The maximum Gasteiger partial charge on any atom is 0.328 e. The van der Waals surface area contributed by atoms with Crippen LogP contribution in [0, 0.1) is 4.77 Å². The van der Waals surface area contributed by atoms with Gasteiger partial charge in [0, 0.05) is 5.02 Å². The molecule has 0 atom stereocenters. The zero-order chi connectivity index (χ0) is 11.3. The first-order valence-electron chi connectivity index (χ1n) is 4.72. The number of aryl methyl sites for hydroxylation is 1. The Bertz CT molecular complexity index is 758. The molecule has 0 aliphatic carbocycles. The molecule has 0 saturated carbocycles. The molecule has 0 bridgehead atoms. The van der Waals surface area contributed by atoms with Gasteiger partial charge in [-0.15, -0.1) is 9.78 Å². The van der Waals surface area contributed by atoms with Crippen LogP contribution in [0.15, 0.2) is 24.4 Å². The molecule has 3 aromatic rings. The van der Waals surface area contributed by atoms with E-state index in [0.29, 0.717) is 9.79 Å². The van der Waals surface area contributed by atoms with Crippen LogP contribution in [-0.4, -0.2) is 14.8 Å². The summed E-state index contributed by atoms with van der Waals surface area (Å²) in [5.41, 5.74) is 2.69. The third-order valence-electron chi connectivity index (χ3n) is 2.54. The van der Waals surface area contributed by atoms with E-state index in [9.17, 15) is 0 Å². The maximum atomic E-state index is 5.93. The molecule has 0 spiro atoms. The van der Waals surface area contributed by atoms with Gasteiger partial charge >= 0.3 is 4.77 Å². The molecule has 4 nitrogen and oxygen atoms in total. The number of halogens is 1. The number of H-pyrrole nitrogens is 1. The summed E-state index contributed by atoms with van der Waals surface area (Å²) >= 11 is 11.2. The smallest absolute Gasteiger partial charge is 0.246 e. The number of hydrogen-bond donors (Lipinski definition) is 1. The van der Waals surface area contributed by atoms with Gasteiger partial charge in [-0.25, -0.2) is 4.98 Å². The zero-order valence-corrected chi connectivity index (χ0v) is 10.0. The van der Waals surface area contributed by atoms with E-state index in [-0.39, 0.29) is 0 Å². The Kier molecular flexibility index (Phi) is 1.99. The topological polar surface area (TPSA) is 37.7 Å². The molecule has 0 amide bonds. The van der Waals surface area contributed by atoms with Crippen LogP contribution >= 0.6 is 23.8 Å². The van der Waals surface area contributed by atoms with Crippen molar-refractivity contribution >= 4 is 40.5 Å². The first kappa shape index (κ1) is 9.74. The fourth-order valence-electron chi connectivity index (χ4n) is 1.80. The van der Waals surface area contributed by atoms with Crippen LogP contribution in [0.25, 0.3) is 16.7 Å². The van der Waals surface area contributed by atoms with Crippen molar-refractivity contribution in [2.24, 2.45) is 7.05 Å². The minimum atomic E-state index is 0.646. The molecule has 2 heterocycles. The Morgan fingerprint density at radius 2 is 2.31 bits per heavy atom. The van der Waals surface area contributed by atoms with E-state index in [1.807, 2.05) is 34.3 Å². The minimum absolute atomic E-state index is 0.646. The Hall–Kier alpha value is -1.46. The third kappa shape index (κ3) is 1.25. The number of fused-ring (bicyclic) bond motifs is 3. The fourth-order valence-corrected chi connectivity index (χ4v) is 2.29. The molecule has 0 aliphatic rings. The highest BCUT2D eigenvalue weighted by Gasteiger charge is 2.12. The molecule has 0 fully saturated rings. The summed E-state index contributed by atoms with van der Waals surface area (Å²) in [5, 5.41) is 3.72. The Morgan fingerprint density at radius 3 is 3.12 bits per heavy atom. The van der Waals surface area contributed by atoms with Crippen LogP contribution in [0.2, 0.25) is 5.02 Å². The van der Waals surface area contributed by atoms with E-state index in [4.69, 9.17) is 23.8 Å². The molecular weight excluding hydrogens is 244 g/mol. The average Bonchev–Trinajstić information content (AvgIpc) is 2.54. The quantitative estimate of drug-likeness (QED) is 0.490. The normalized spacial score (nSPS) is 11.4. The van der Waals surface area contributed by atoms with Crippen LogP contribution in [0.4, 0.5) is 0 Å². The van der Waals surface area contributed by atoms with Crippen molar-refractivity contribution in [2.75, 3.05) is 0 Å². The molecule has 2 aromatic heterocycles. The van der Waals surface area contributed by atoms with E-state index in [0.717, 1.165) is 16.7 Å². The lowest BCUT2D eigenvalue weighted by Gasteiger charge is -1.96. The summed E-state index contributed by atoms with van der Waals surface area (Å²) in [5.74, 6) is 0. The van der Waals surface area contributed by atoms with Crippen LogP contribution in [0.3, 0.4) is 0 Å². The first-order valence-corrected chi connectivity index (χ1v) is 5.50. The monoisotopic (exact) mass is 251 g/mol.